The number of nitrogens with two attached hydrogens (primary N) is 1. The largest absolute Gasteiger partial charge is 0.381 e. The zero-order valence-electron chi connectivity index (χ0n) is 9.33. The molecular formula is C12H11N5. The number of pyridine rings is 1. The Morgan fingerprint density at radius 3 is 2.88 bits per heavy atom. The second-order valence-corrected chi connectivity index (χ2v) is 3.85. The molecule has 0 radical (unpaired) electrons. The van der Waals surface area contributed by atoms with Crippen LogP contribution in [0.5, 0.6) is 0 Å². The molecule has 5 nitrogen and oxygen atoms in total. The molecule has 2 heterocycles. The van der Waals surface area contributed by atoms with Crippen molar-refractivity contribution in [3.05, 3.63) is 42.4 Å². The first kappa shape index (κ1) is 9.77. The summed E-state index contributed by atoms with van der Waals surface area (Å²) in [6, 6.07) is 7.93. The van der Waals surface area contributed by atoms with Crippen molar-refractivity contribution in [2.45, 2.75) is 6.92 Å². The van der Waals surface area contributed by atoms with Gasteiger partial charge in [0.05, 0.1) is 11.4 Å². The van der Waals surface area contributed by atoms with Crippen LogP contribution in [0.4, 0.5) is 5.82 Å². The van der Waals surface area contributed by atoms with E-state index in [-0.39, 0.29) is 0 Å². The third-order valence-corrected chi connectivity index (χ3v) is 2.82. The maximum absolute atomic E-state index is 5.72. The lowest BCUT2D eigenvalue weighted by atomic mass is 10.1. The summed E-state index contributed by atoms with van der Waals surface area (Å²) in [6.45, 7) is 1.90. The number of fused-ring (bicyclic) bond motifs is 1. The summed E-state index contributed by atoms with van der Waals surface area (Å²) in [5, 5.41) is 10.1. The van der Waals surface area contributed by atoms with Gasteiger partial charge in [-0.25, -0.2) is 4.68 Å². The van der Waals surface area contributed by atoms with Crippen LogP contribution >= 0.6 is 0 Å². The Bertz CT molecular complexity index is 681. The van der Waals surface area contributed by atoms with E-state index in [1.165, 1.54) is 0 Å². The minimum atomic E-state index is 0.455. The van der Waals surface area contributed by atoms with Gasteiger partial charge in [0.25, 0.3) is 0 Å². The highest BCUT2D eigenvalue weighted by molar-refractivity contribution is 5.89. The normalized spacial score (nSPS) is 10.9. The third kappa shape index (κ3) is 1.44. The lowest BCUT2D eigenvalue weighted by Gasteiger charge is -2.06. The molecule has 0 saturated heterocycles. The Balaban J connectivity index is 2.34. The molecule has 5 heteroatoms. The van der Waals surface area contributed by atoms with Crippen molar-refractivity contribution < 1.29 is 0 Å². The van der Waals surface area contributed by atoms with Crippen molar-refractivity contribution in [1.29, 1.82) is 0 Å². The lowest BCUT2D eigenvalue weighted by Crippen LogP contribution is -2.00. The Hall–Kier alpha value is -2.43. The predicted molar refractivity (Wildman–Crippen MR) is 65.8 cm³/mol. The highest BCUT2D eigenvalue weighted by Gasteiger charge is 2.09. The summed E-state index contributed by atoms with van der Waals surface area (Å²) >= 11 is 0. The molecular weight excluding hydrogens is 214 g/mol. The van der Waals surface area contributed by atoms with Crippen LogP contribution in [0.25, 0.3) is 16.5 Å². The fourth-order valence-corrected chi connectivity index (χ4v) is 1.86. The number of anilines is 1. The number of hydrogen-bond donors (Lipinski definition) is 1. The van der Waals surface area contributed by atoms with Gasteiger partial charge < -0.3 is 5.73 Å². The molecule has 84 valence electrons. The second-order valence-electron chi connectivity index (χ2n) is 3.85. The number of aromatic nitrogens is 4. The first-order valence-electron chi connectivity index (χ1n) is 5.28. The Labute approximate surface area is 97.9 Å². The number of benzene rings is 1. The summed E-state index contributed by atoms with van der Waals surface area (Å²) in [5.74, 6) is 0.455. The van der Waals surface area contributed by atoms with E-state index in [9.17, 15) is 0 Å². The van der Waals surface area contributed by atoms with E-state index < -0.39 is 0 Å². The number of hydrogen-bond acceptors (Lipinski definition) is 4. The SMILES string of the molecule is Cc1c(N)nnn1-c1cccc2cnccc12. The maximum Gasteiger partial charge on any atom is 0.169 e. The van der Waals surface area contributed by atoms with Gasteiger partial charge in [-0.1, -0.05) is 17.3 Å². The average Bonchev–Trinajstić information content (AvgIpc) is 2.69. The van der Waals surface area contributed by atoms with Crippen molar-refractivity contribution in [3.63, 3.8) is 0 Å². The van der Waals surface area contributed by atoms with Crippen molar-refractivity contribution in [2.24, 2.45) is 0 Å². The van der Waals surface area contributed by atoms with Gasteiger partial charge >= 0.3 is 0 Å². The summed E-state index contributed by atoms with van der Waals surface area (Å²) in [5.41, 5.74) is 7.52. The quantitative estimate of drug-likeness (QED) is 0.684. The standard InChI is InChI=1S/C12H11N5/c1-8-12(13)15-16-17(8)11-4-2-3-9-7-14-6-5-10(9)11/h2-7H,13H2,1H3. The van der Waals surface area contributed by atoms with Crippen LogP contribution in [0.1, 0.15) is 5.69 Å². The molecule has 0 spiro atoms. The van der Waals surface area contributed by atoms with Crippen LogP contribution in [0, 0.1) is 6.92 Å². The van der Waals surface area contributed by atoms with Gasteiger partial charge in [-0.15, -0.1) is 5.10 Å². The van der Waals surface area contributed by atoms with Crippen LogP contribution in [0.3, 0.4) is 0 Å². The minimum absolute atomic E-state index is 0.455. The van der Waals surface area contributed by atoms with E-state index in [2.05, 4.69) is 15.3 Å². The van der Waals surface area contributed by atoms with Gasteiger partial charge in [0.1, 0.15) is 0 Å². The molecule has 0 aliphatic rings. The zero-order valence-corrected chi connectivity index (χ0v) is 9.33. The van der Waals surface area contributed by atoms with Crippen LogP contribution in [-0.4, -0.2) is 20.0 Å². The van der Waals surface area contributed by atoms with E-state index in [1.54, 1.807) is 10.9 Å². The molecule has 2 N–H and O–H groups in total. The highest BCUT2D eigenvalue weighted by Crippen LogP contribution is 2.22. The number of nitrogens with zero attached hydrogens (tertiary/aromatic N) is 4. The van der Waals surface area contributed by atoms with Crippen molar-refractivity contribution in [1.82, 2.24) is 20.0 Å². The van der Waals surface area contributed by atoms with E-state index in [0.29, 0.717) is 5.82 Å². The van der Waals surface area contributed by atoms with E-state index in [0.717, 1.165) is 22.2 Å². The second kappa shape index (κ2) is 3.55. The topological polar surface area (TPSA) is 69.6 Å². The van der Waals surface area contributed by atoms with Crippen molar-refractivity contribution in [3.8, 4) is 5.69 Å². The fourth-order valence-electron chi connectivity index (χ4n) is 1.86. The number of rotatable bonds is 1. The van der Waals surface area contributed by atoms with E-state index in [1.807, 2.05) is 37.4 Å². The van der Waals surface area contributed by atoms with Crippen molar-refractivity contribution >= 4 is 16.6 Å². The minimum Gasteiger partial charge on any atom is -0.381 e. The lowest BCUT2D eigenvalue weighted by molar-refractivity contribution is 0.790. The molecule has 0 amide bonds. The monoisotopic (exact) mass is 225 g/mol. The molecule has 3 rings (SSSR count). The third-order valence-electron chi connectivity index (χ3n) is 2.82. The summed E-state index contributed by atoms with van der Waals surface area (Å²) in [6.07, 6.45) is 3.59. The van der Waals surface area contributed by atoms with Crippen LogP contribution in [-0.2, 0) is 0 Å². The summed E-state index contributed by atoms with van der Waals surface area (Å²) < 4.78 is 1.75. The van der Waals surface area contributed by atoms with Gasteiger partial charge in [-0.05, 0) is 19.1 Å². The van der Waals surface area contributed by atoms with Crippen LogP contribution in [0.2, 0.25) is 0 Å². The van der Waals surface area contributed by atoms with E-state index >= 15 is 0 Å². The smallest absolute Gasteiger partial charge is 0.169 e. The van der Waals surface area contributed by atoms with Gasteiger partial charge in [0, 0.05) is 23.2 Å². The Morgan fingerprint density at radius 1 is 1.24 bits per heavy atom. The van der Waals surface area contributed by atoms with Crippen molar-refractivity contribution in [2.75, 3.05) is 5.73 Å². The predicted octanol–water partition coefficient (Wildman–Crippen LogP) is 1.71. The van der Waals surface area contributed by atoms with Gasteiger partial charge in [-0.2, -0.15) is 0 Å². The summed E-state index contributed by atoms with van der Waals surface area (Å²) in [7, 11) is 0. The molecule has 0 aliphatic heterocycles. The molecule has 0 unspecified atom stereocenters. The molecule has 17 heavy (non-hydrogen) atoms. The van der Waals surface area contributed by atoms with E-state index in [4.69, 9.17) is 5.73 Å². The van der Waals surface area contributed by atoms with Gasteiger partial charge in [0.15, 0.2) is 5.82 Å². The molecule has 0 saturated carbocycles. The maximum atomic E-state index is 5.72. The average molecular weight is 225 g/mol. The van der Waals surface area contributed by atoms with Gasteiger partial charge in [-0.3, -0.25) is 4.98 Å². The molecule has 0 atom stereocenters. The number of nitrogen functional groups attached to an aromatic ring is 1. The molecule has 0 fully saturated rings. The molecule has 0 bridgehead atoms. The van der Waals surface area contributed by atoms with Crippen LogP contribution < -0.4 is 5.73 Å². The Kier molecular flexibility index (Phi) is 2.04. The zero-order chi connectivity index (χ0) is 11.8. The highest BCUT2D eigenvalue weighted by atomic mass is 15.4. The van der Waals surface area contributed by atoms with Crippen LogP contribution in [0.15, 0.2) is 36.7 Å². The fraction of sp³-hybridized carbons (Fsp3) is 0.0833. The van der Waals surface area contributed by atoms with Gasteiger partial charge in [0.2, 0.25) is 0 Å². The molecule has 0 aliphatic carbocycles. The first-order chi connectivity index (χ1) is 8.27. The Morgan fingerprint density at radius 2 is 2.12 bits per heavy atom. The molecule has 2 aromatic heterocycles. The first-order valence-corrected chi connectivity index (χ1v) is 5.28. The molecule has 3 aromatic rings. The molecule has 1 aromatic carbocycles. The summed E-state index contributed by atoms with van der Waals surface area (Å²) in [4.78, 5) is 4.11.